The number of hydrogen-bond acceptors (Lipinski definition) is 4. The summed E-state index contributed by atoms with van der Waals surface area (Å²) in [6, 6.07) is 14.2. The van der Waals surface area contributed by atoms with Crippen molar-refractivity contribution in [3.05, 3.63) is 59.9 Å². The van der Waals surface area contributed by atoms with E-state index >= 15 is 0 Å². The van der Waals surface area contributed by atoms with Crippen molar-refractivity contribution in [2.75, 3.05) is 0 Å². The Morgan fingerprint density at radius 2 is 1.82 bits per heavy atom. The van der Waals surface area contributed by atoms with Crippen LogP contribution < -0.4 is 5.32 Å². The molecule has 1 N–H and O–H groups in total. The van der Waals surface area contributed by atoms with Gasteiger partial charge in [0.2, 0.25) is 0 Å². The topological polar surface area (TPSA) is 72.7 Å². The van der Waals surface area contributed by atoms with Crippen LogP contribution in [0.1, 0.15) is 56.5 Å². The molecule has 0 saturated carbocycles. The molecule has 2 aromatic carbocycles. The van der Waals surface area contributed by atoms with Gasteiger partial charge in [-0.15, -0.1) is 5.10 Å². The number of carbonyl (C=O) groups is 1. The maximum absolute atomic E-state index is 12.9. The Balaban J connectivity index is 2.02. The average Bonchev–Trinajstić information content (AvgIpc) is 3.23. The summed E-state index contributed by atoms with van der Waals surface area (Å²) in [5, 5.41) is 14.5. The summed E-state index contributed by atoms with van der Waals surface area (Å²) in [5.74, 6) is -0.106. The molecule has 0 bridgehead atoms. The third-order valence-electron chi connectivity index (χ3n) is 4.96. The Labute approximate surface area is 166 Å². The van der Waals surface area contributed by atoms with Crippen LogP contribution in [0.5, 0.6) is 0 Å². The van der Waals surface area contributed by atoms with Crippen molar-refractivity contribution in [2.45, 2.75) is 52.5 Å². The second-order valence-corrected chi connectivity index (χ2v) is 7.66. The molecule has 0 radical (unpaired) electrons. The summed E-state index contributed by atoms with van der Waals surface area (Å²) < 4.78 is 1.57. The van der Waals surface area contributed by atoms with Crippen molar-refractivity contribution in [3.63, 3.8) is 0 Å². The molecule has 0 aliphatic rings. The Kier molecular flexibility index (Phi) is 5.87. The number of amides is 1. The Bertz CT molecular complexity index is 930. The first-order chi connectivity index (χ1) is 13.4. The lowest BCUT2D eigenvalue weighted by atomic mass is 9.98. The second kappa shape index (κ2) is 8.33. The maximum Gasteiger partial charge on any atom is 0.251 e. The van der Waals surface area contributed by atoms with Crippen LogP contribution in [0.25, 0.3) is 16.8 Å². The molecule has 0 unspecified atom stereocenters. The zero-order chi connectivity index (χ0) is 20.1. The largest absolute Gasteiger partial charge is 0.347 e. The Morgan fingerprint density at radius 1 is 1.07 bits per heavy atom. The van der Waals surface area contributed by atoms with Crippen LogP contribution in [0.2, 0.25) is 0 Å². The third kappa shape index (κ3) is 4.63. The fourth-order valence-corrected chi connectivity index (χ4v) is 2.94. The summed E-state index contributed by atoms with van der Waals surface area (Å²) in [6.45, 7) is 8.26. The van der Waals surface area contributed by atoms with E-state index in [1.807, 2.05) is 32.0 Å². The predicted molar refractivity (Wildman–Crippen MR) is 110 cm³/mol. The first-order valence-electron chi connectivity index (χ1n) is 9.72. The van der Waals surface area contributed by atoms with Gasteiger partial charge in [-0.25, -0.2) is 4.68 Å². The van der Waals surface area contributed by atoms with E-state index in [-0.39, 0.29) is 11.4 Å². The van der Waals surface area contributed by atoms with Crippen molar-refractivity contribution in [2.24, 2.45) is 0 Å². The van der Waals surface area contributed by atoms with Crippen LogP contribution in [-0.4, -0.2) is 31.7 Å². The molecule has 3 rings (SSSR count). The van der Waals surface area contributed by atoms with Gasteiger partial charge in [0.05, 0.1) is 5.69 Å². The number of benzene rings is 2. The highest BCUT2D eigenvalue weighted by molar-refractivity contribution is 5.96. The van der Waals surface area contributed by atoms with Gasteiger partial charge in [0.1, 0.15) is 6.33 Å². The molecule has 6 heteroatoms. The predicted octanol–water partition coefficient (Wildman–Crippen LogP) is 4.20. The molecule has 0 aliphatic carbocycles. The number of aryl methyl sites for hydroxylation is 1. The van der Waals surface area contributed by atoms with Gasteiger partial charge >= 0.3 is 0 Å². The summed E-state index contributed by atoms with van der Waals surface area (Å²) in [4.78, 5) is 12.9. The summed E-state index contributed by atoms with van der Waals surface area (Å²) in [7, 11) is 0. The van der Waals surface area contributed by atoms with Crippen LogP contribution >= 0.6 is 0 Å². The van der Waals surface area contributed by atoms with E-state index in [4.69, 9.17) is 0 Å². The maximum atomic E-state index is 12.9. The fourth-order valence-electron chi connectivity index (χ4n) is 2.94. The van der Waals surface area contributed by atoms with Gasteiger partial charge in [-0.3, -0.25) is 4.79 Å². The SMILES string of the molecule is CCCc1ccc(-c2cc(C(=O)NC(C)(C)CC)cc(-n3cnnn3)c2)cc1. The zero-order valence-electron chi connectivity index (χ0n) is 16.9. The van der Waals surface area contributed by atoms with Crippen LogP contribution in [-0.2, 0) is 6.42 Å². The van der Waals surface area contributed by atoms with Crippen molar-refractivity contribution in [3.8, 4) is 16.8 Å². The molecule has 146 valence electrons. The quantitative estimate of drug-likeness (QED) is 0.670. The molecule has 1 amide bonds. The summed E-state index contributed by atoms with van der Waals surface area (Å²) in [6.07, 6.45) is 4.55. The number of hydrogen-bond donors (Lipinski definition) is 1. The highest BCUT2D eigenvalue weighted by atomic mass is 16.1. The molecule has 6 nitrogen and oxygen atoms in total. The van der Waals surface area contributed by atoms with Crippen LogP contribution in [0.3, 0.4) is 0 Å². The third-order valence-corrected chi connectivity index (χ3v) is 4.96. The van der Waals surface area contributed by atoms with E-state index in [1.54, 1.807) is 4.68 Å². The van der Waals surface area contributed by atoms with E-state index < -0.39 is 0 Å². The minimum absolute atomic E-state index is 0.106. The number of aromatic nitrogens is 4. The van der Waals surface area contributed by atoms with Crippen molar-refractivity contribution >= 4 is 5.91 Å². The Morgan fingerprint density at radius 3 is 2.43 bits per heavy atom. The van der Waals surface area contributed by atoms with E-state index in [0.717, 1.165) is 36.1 Å². The lowest BCUT2D eigenvalue weighted by Gasteiger charge is -2.24. The lowest BCUT2D eigenvalue weighted by molar-refractivity contribution is 0.0911. The molecule has 0 spiro atoms. The lowest BCUT2D eigenvalue weighted by Crippen LogP contribution is -2.42. The number of nitrogens with one attached hydrogen (secondary N) is 1. The first kappa shape index (κ1) is 19.7. The van der Waals surface area contributed by atoms with Crippen LogP contribution in [0, 0.1) is 0 Å². The molecule has 1 heterocycles. The van der Waals surface area contributed by atoms with Gasteiger partial charge in [0.25, 0.3) is 5.91 Å². The fraction of sp³-hybridized carbons (Fsp3) is 0.364. The smallest absolute Gasteiger partial charge is 0.251 e. The van der Waals surface area contributed by atoms with Crippen LogP contribution in [0.4, 0.5) is 0 Å². The van der Waals surface area contributed by atoms with Gasteiger partial charge in [0, 0.05) is 11.1 Å². The molecule has 0 saturated heterocycles. The summed E-state index contributed by atoms with van der Waals surface area (Å²) in [5.41, 5.74) is 4.38. The average molecular weight is 377 g/mol. The number of rotatable bonds is 7. The van der Waals surface area contributed by atoms with Crippen molar-refractivity contribution in [1.82, 2.24) is 25.5 Å². The molecule has 0 fully saturated rings. The monoisotopic (exact) mass is 377 g/mol. The summed E-state index contributed by atoms with van der Waals surface area (Å²) >= 11 is 0. The van der Waals surface area contributed by atoms with Gasteiger partial charge in [-0.05, 0) is 72.0 Å². The van der Waals surface area contributed by atoms with Crippen molar-refractivity contribution in [1.29, 1.82) is 0 Å². The van der Waals surface area contributed by atoms with Gasteiger partial charge in [0.15, 0.2) is 0 Å². The molecular weight excluding hydrogens is 350 g/mol. The molecule has 3 aromatic rings. The van der Waals surface area contributed by atoms with E-state index in [1.165, 1.54) is 11.9 Å². The zero-order valence-corrected chi connectivity index (χ0v) is 16.9. The van der Waals surface area contributed by atoms with E-state index in [9.17, 15) is 4.79 Å². The second-order valence-electron chi connectivity index (χ2n) is 7.66. The molecule has 1 aromatic heterocycles. The molecule has 0 atom stereocenters. The van der Waals surface area contributed by atoms with Crippen LogP contribution in [0.15, 0.2) is 48.8 Å². The highest BCUT2D eigenvalue weighted by Crippen LogP contribution is 2.25. The number of carbonyl (C=O) groups excluding carboxylic acids is 1. The Hall–Kier alpha value is -3.02. The standard InChI is InChI=1S/C22H27N5O/c1-5-7-16-8-10-17(11-9-16)18-12-19(21(28)24-22(3,4)6-2)14-20(13-18)27-15-23-25-26-27/h8-15H,5-7H2,1-4H3,(H,24,28). The number of nitrogens with zero attached hydrogens (tertiary/aromatic N) is 4. The highest BCUT2D eigenvalue weighted by Gasteiger charge is 2.20. The number of tetrazole rings is 1. The molecule has 0 aliphatic heterocycles. The first-order valence-corrected chi connectivity index (χ1v) is 9.72. The van der Waals surface area contributed by atoms with Gasteiger partial charge in [-0.2, -0.15) is 0 Å². The minimum atomic E-state index is -0.274. The van der Waals surface area contributed by atoms with E-state index in [0.29, 0.717) is 5.56 Å². The van der Waals surface area contributed by atoms with Crippen molar-refractivity contribution < 1.29 is 4.79 Å². The minimum Gasteiger partial charge on any atom is -0.347 e. The molecule has 28 heavy (non-hydrogen) atoms. The molecular formula is C22H27N5O. The van der Waals surface area contributed by atoms with E-state index in [2.05, 4.69) is 59.0 Å². The van der Waals surface area contributed by atoms with Gasteiger partial charge in [-0.1, -0.05) is 44.5 Å². The van der Waals surface area contributed by atoms with Gasteiger partial charge < -0.3 is 5.32 Å². The normalized spacial score (nSPS) is 11.4.